The summed E-state index contributed by atoms with van der Waals surface area (Å²) in [6.07, 6.45) is 6.89. The second kappa shape index (κ2) is 6.41. The number of benzene rings is 1. The van der Waals surface area contributed by atoms with Gasteiger partial charge in [0, 0.05) is 17.8 Å². The molecule has 4 nitrogen and oxygen atoms in total. The molecule has 2 heterocycles. The maximum absolute atomic E-state index is 8.92. The fraction of sp³-hybridized carbons (Fsp3) is 0.421. The average Bonchev–Trinajstić information content (AvgIpc) is 3.02. The lowest BCUT2D eigenvalue weighted by atomic mass is 9.84. The van der Waals surface area contributed by atoms with Crippen LogP contribution in [0.4, 0.5) is 0 Å². The molecule has 0 spiro atoms. The van der Waals surface area contributed by atoms with Gasteiger partial charge in [-0.3, -0.25) is 4.98 Å². The first-order valence-electron chi connectivity index (χ1n) is 8.49. The minimum absolute atomic E-state index is 0.404. The van der Waals surface area contributed by atoms with Crippen LogP contribution in [0.2, 0.25) is 0 Å². The van der Waals surface area contributed by atoms with E-state index in [2.05, 4.69) is 21.7 Å². The van der Waals surface area contributed by atoms with Crippen LogP contribution in [0, 0.1) is 17.2 Å². The molecular formula is C19H19ClN4. The lowest BCUT2D eigenvalue weighted by Crippen LogP contribution is -2.19. The Morgan fingerprint density at radius 3 is 2.71 bits per heavy atom. The highest BCUT2D eigenvalue weighted by Gasteiger charge is 2.26. The zero-order valence-electron chi connectivity index (χ0n) is 13.5. The first-order valence-corrected chi connectivity index (χ1v) is 9.02. The van der Waals surface area contributed by atoms with Crippen molar-refractivity contribution >= 4 is 33.5 Å². The van der Waals surface area contributed by atoms with E-state index in [9.17, 15) is 0 Å². The molecule has 1 fully saturated rings. The van der Waals surface area contributed by atoms with E-state index < -0.39 is 0 Å². The van der Waals surface area contributed by atoms with Gasteiger partial charge >= 0.3 is 0 Å². The highest BCUT2D eigenvalue weighted by Crippen LogP contribution is 2.38. The average molecular weight is 339 g/mol. The van der Waals surface area contributed by atoms with E-state index in [1.165, 1.54) is 0 Å². The van der Waals surface area contributed by atoms with Crippen LogP contribution >= 0.6 is 11.6 Å². The fourth-order valence-electron chi connectivity index (χ4n) is 4.00. The van der Waals surface area contributed by atoms with E-state index >= 15 is 0 Å². The maximum atomic E-state index is 8.92. The number of nitriles is 1. The highest BCUT2D eigenvalue weighted by molar-refractivity contribution is 6.17. The molecule has 3 aromatic rings. The molecule has 4 rings (SSSR count). The summed E-state index contributed by atoms with van der Waals surface area (Å²) in [7, 11) is 0. The van der Waals surface area contributed by atoms with Crippen LogP contribution in [0.15, 0.2) is 30.5 Å². The third kappa shape index (κ3) is 2.53. The SMILES string of the molecule is N#CCC1CCC(n2c(CCl)nc3cnc4ccccc4c32)CC1. The third-order valence-corrected chi connectivity index (χ3v) is 5.42. The Labute approximate surface area is 146 Å². The number of nitrogens with zero attached hydrogens (tertiary/aromatic N) is 4. The van der Waals surface area contributed by atoms with Gasteiger partial charge in [-0.2, -0.15) is 5.26 Å². The summed E-state index contributed by atoms with van der Waals surface area (Å²) < 4.78 is 2.34. The summed E-state index contributed by atoms with van der Waals surface area (Å²) in [5.74, 6) is 1.87. The molecule has 122 valence electrons. The molecular weight excluding hydrogens is 320 g/mol. The van der Waals surface area contributed by atoms with Crippen molar-refractivity contribution in [2.24, 2.45) is 5.92 Å². The predicted molar refractivity (Wildman–Crippen MR) is 95.8 cm³/mol. The zero-order chi connectivity index (χ0) is 16.5. The Hall–Kier alpha value is -2.12. The quantitative estimate of drug-likeness (QED) is 0.633. The molecule has 0 bridgehead atoms. The van der Waals surface area contributed by atoms with Crippen LogP contribution in [0.25, 0.3) is 21.9 Å². The minimum Gasteiger partial charge on any atom is -0.323 e. The number of halogens is 1. The van der Waals surface area contributed by atoms with E-state index in [1.807, 2.05) is 24.4 Å². The second-order valence-electron chi connectivity index (χ2n) is 6.58. The highest BCUT2D eigenvalue weighted by atomic mass is 35.5. The number of hydrogen-bond donors (Lipinski definition) is 0. The number of hydrogen-bond acceptors (Lipinski definition) is 3. The van der Waals surface area contributed by atoms with Crippen LogP contribution < -0.4 is 0 Å². The molecule has 0 unspecified atom stereocenters. The molecule has 0 N–H and O–H groups in total. The minimum atomic E-state index is 0.404. The Morgan fingerprint density at radius 1 is 1.17 bits per heavy atom. The summed E-state index contributed by atoms with van der Waals surface area (Å²) in [6, 6.07) is 10.9. The summed E-state index contributed by atoms with van der Waals surface area (Å²) in [4.78, 5) is 9.25. The van der Waals surface area contributed by atoms with Crippen LogP contribution in [0.1, 0.15) is 44.0 Å². The Bertz CT molecular complexity index is 916. The molecule has 1 saturated carbocycles. The smallest absolute Gasteiger partial charge is 0.125 e. The number of fused-ring (bicyclic) bond motifs is 3. The van der Waals surface area contributed by atoms with Gasteiger partial charge in [0.2, 0.25) is 0 Å². The second-order valence-corrected chi connectivity index (χ2v) is 6.84. The van der Waals surface area contributed by atoms with Crippen molar-refractivity contribution in [2.75, 3.05) is 0 Å². The van der Waals surface area contributed by atoms with E-state index in [0.29, 0.717) is 24.3 Å². The summed E-state index contributed by atoms with van der Waals surface area (Å²) in [6.45, 7) is 0. The van der Waals surface area contributed by atoms with Gasteiger partial charge in [-0.1, -0.05) is 18.2 Å². The number of pyridine rings is 1. The van der Waals surface area contributed by atoms with Crippen LogP contribution in [0.5, 0.6) is 0 Å². The third-order valence-electron chi connectivity index (χ3n) is 5.18. The maximum Gasteiger partial charge on any atom is 0.125 e. The standard InChI is InChI=1S/C19H19ClN4/c20-11-18-23-17-12-22-16-4-2-1-3-15(16)19(17)24(18)14-7-5-13(6-8-14)9-10-21/h1-4,12-14H,5-9,11H2. The molecule has 1 aliphatic carbocycles. The number of aromatic nitrogens is 3. The topological polar surface area (TPSA) is 54.5 Å². The first-order chi connectivity index (χ1) is 11.8. The van der Waals surface area contributed by atoms with Crippen molar-refractivity contribution in [1.29, 1.82) is 5.26 Å². The van der Waals surface area contributed by atoms with Gasteiger partial charge in [0.1, 0.15) is 11.3 Å². The van der Waals surface area contributed by atoms with E-state index in [4.69, 9.17) is 21.8 Å². The zero-order valence-corrected chi connectivity index (χ0v) is 14.2. The van der Waals surface area contributed by atoms with E-state index in [-0.39, 0.29) is 0 Å². The molecule has 1 aliphatic rings. The van der Waals surface area contributed by atoms with Crippen molar-refractivity contribution in [3.05, 3.63) is 36.3 Å². The first kappa shape index (κ1) is 15.4. The fourth-order valence-corrected chi connectivity index (χ4v) is 4.19. The largest absolute Gasteiger partial charge is 0.323 e. The molecule has 0 saturated heterocycles. The molecule has 24 heavy (non-hydrogen) atoms. The van der Waals surface area contributed by atoms with Crippen molar-refractivity contribution in [3.8, 4) is 6.07 Å². The molecule has 0 aliphatic heterocycles. The Kier molecular flexibility index (Phi) is 4.12. The monoisotopic (exact) mass is 338 g/mol. The van der Waals surface area contributed by atoms with Gasteiger partial charge in [0.25, 0.3) is 0 Å². The van der Waals surface area contributed by atoms with Gasteiger partial charge in [-0.05, 0) is 37.7 Å². The van der Waals surface area contributed by atoms with Crippen molar-refractivity contribution in [2.45, 2.75) is 44.0 Å². The van der Waals surface area contributed by atoms with Gasteiger partial charge in [-0.25, -0.2) is 4.98 Å². The van der Waals surface area contributed by atoms with E-state index in [1.54, 1.807) is 0 Å². The van der Waals surface area contributed by atoms with E-state index in [0.717, 1.165) is 53.4 Å². The van der Waals surface area contributed by atoms with Gasteiger partial charge in [0.05, 0.1) is 29.2 Å². The number of rotatable bonds is 3. The van der Waals surface area contributed by atoms with Gasteiger partial charge in [-0.15, -0.1) is 11.6 Å². The molecule has 0 amide bonds. The number of para-hydroxylation sites is 1. The Morgan fingerprint density at radius 2 is 1.96 bits per heavy atom. The number of imidazole rings is 1. The molecule has 1 aromatic carbocycles. The normalized spacial score (nSPS) is 21.2. The summed E-state index contributed by atoms with van der Waals surface area (Å²) >= 11 is 6.21. The molecule has 2 aromatic heterocycles. The molecule has 0 radical (unpaired) electrons. The lowest BCUT2D eigenvalue weighted by Gasteiger charge is -2.29. The van der Waals surface area contributed by atoms with Crippen molar-refractivity contribution in [1.82, 2.24) is 14.5 Å². The predicted octanol–water partition coefficient (Wildman–Crippen LogP) is 4.97. The van der Waals surface area contributed by atoms with Crippen molar-refractivity contribution < 1.29 is 0 Å². The molecule has 0 atom stereocenters. The van der Waals surface area contributed by atoms with Crippen LogP contribution in [0.3, 0.4) is 0 Å². The summed E-state index contributed by atoms with van der Waals surface area (Å²) in [5.41, 5.74) is 3.06. The molecule has 5 heteroatoms. The Balaban J connectivity index is 1.82. The van der Waals surface area contributed by atoms with Crippen LogP contribution in [-0.4, -0.2) is 14.5 Å². The lowest BCUT2D eigenvalue weighted by molar-refractivity contribution is 0.279. The van der Waals surface area contributed by atoms with Crippen molar-refractivity contribution in [3.63, 3.8) is 0 Å². The summed E-state index contributed by atoms with van der Waals surface area (Å²) in [5, 5.41) is 10.1. The van der Waals surface area contributed by atoms with Gasteiger partial charge < -0.3 is 4.57 Å². The number of alkyl halides is 1. The van der Waals surface area contributed by atoms with Gasteiger partial charge in [0.15, 0.2) is 0 Å². The van der Waals surface area contributed by atoms with Crippen LogP contribution in [-0.2, 0) is 5.88 Å².